The standard InChI is InChI=1S/C29H23NO6S2/c1-2-35-26-17-20(15-16-25(26)36-38(33,34)23-12-4-3-5-13-23)18-27-28(31)30(29(32)37-27)19-22-11-8-10-21-9-6-7-14-24(21)22/h3-18H,2,19H2,1H3/b27-18-. The molecule has 0 bridgehead atoms. The maximum absolute atomic E-state index is 13.2. The molecule has 0 saturated carbocycles. The van der Waals surface area contributed by atoms with Crippen molar-refractivity contribution in [3.63, 3.8) is 0 Å². The van der Waals surface area contributed by atoms with Crippen molar-refractivity contribution in [2.75, 3.05) is 6.61 Å². The Morgan fingerprint density at radius 2 is 1.61 bits per heavy atom. The van der Waals surface area contributed by atoms with E-state index >= 15 is 0 Å². The lowest BCUT2D eigenvalue weighted by Crippen LogP contribution is -2.27. The van der Waals surface area contributed by atoms with E-state index in [-0.39, 0.29) is 39.7 Å². The topological polar surface area (TPSA) is 90.0 Å². The average molecular weight is 546 g/mol. The Balaban J connectivity index is 1.39. The molecule has 0 aliphatic carbocycles. The highest BCUT2D eigenvalue weighted by Gasteiger charge is 2.35. The van der Waals surface area contributed by atoms with Crippen LogP contribution in [0.3, 0.4) is 0 Å². The van der Waals surface area contributed by atoms with Gasteiger partial charge in [0.25, 0.3) is 11.1 Å². The van der Waals surface area contributed by atoms with Gasteiger partial charge in [-0.3, -0.25) is 14.5 Å². The maximum Gasteiger partial charge on any atom is 0.339 e. The molecule has 38 heavy (non-hydrogen) atoms. The SMILES string of the molecule is CCOc1cc(/C=C2\SC(=O)N(Cc3cccc4ccccc34)C2=O)ccc1OS(=O)(=O)c1ccccc1. The number of imide groups is 1. The number of hydrogen-bond acceptors (Lipinski definition) is 7. The van der Waals surface area contributed by atoms with Crippen LogP contribution in [0, 0.1) is 0 Å². The third kappa shape index (κ3) is 5.29. The third-order valence-corrected chi connectivity index (χ3v) is 8.03. The monoisotopic (exact) mass is 545 g/mol. The van der Waals surface area contributed by atoms with Gasteiger partial charge in [-0.2, -0.15) is 8.42 Å². The molecule has 1 heterocycles. The van der Waals surface area contributed by atoms with E-state index in [1.54, 1.807) is 43.3 Å². The average Bonchev–Trinajstić information content (AvgIpc) is 3.18. The van der Waals surface area contributed by atoms with Crippen LogP contribution in [0.4, 0.5) is 4.79 Å². The van der Waals surface area contributed by atoms with Gasteiger partial charge in [-0.15, -0.1) is 0 Å². The van der Waals surface area contributed by atoms with Gasteiger partial charge in [0.15, 0.2) is 11.5 Å². The van der Waals surface area contributed by atoms with E-state index in [1.807, 2.05) is 42.5 Å². The van der Waals surface area contributed by atoms with Gasteiger partial charge in [0.2, 0.25) is 0 Å². The number of hydrogen-bond donors (Lipinski definition) is 0. The van der Waals surface area contributed by atoms with E-state index in [9.17, 15) is 18.0 Å². The summed E-state index contributed by atoms with van der Waals surface area (Å²) in [6, 6.07) is 26.1. The van der Waals surface area contributed by atoms with Crippen LogP contribution in [-0.4, -0.2) is 31.1 Å². The van der Waals surface area contributed by atoms with Crippen LogP contribution in [-0.2, 0) is 21.5 Å². The molecule has 0 N–H and O–H groups in total. The van der Waals surface area contributed by atoms with Gasteiger partial charge in [0.05, 0.1) is 18.1 Å². The van der Waals surface area contributed by atoms with Crippen molar-refractivity contribution < 1.29 is 26.9 Å². The molecule has 1 aliphatic heterocycles. The minimum absolute atomic E-state index is 0.0198. The fourth-order valence-electron chi connectivity index (χ4n) is 4.09. The lowest BCUT2D eigenvalue weighted by atomic mass is 10.0. The summed E-state index contributed by atoms with van der Waals surface area (Å²) in [6.45, 7) is 2.20. The number of rotatable bonds is 8. The summed E-state index contributed by atoms with van der Waals surface area (Å²) in [6.07, 6.45) is 1.59. The number of fused-ring (bicyclic) bond motifs is 1. The van der Waals surface area contributed by atoms with Gasteiger partial charge in [0, 0.05) is 0 Å². The predicted octanol–water partition coefficient (Wildman–Crippen LogP) is 6.24. The number of benzene rings is 4. The molecule has 5 rings (SSSR count). The number of thioether (sulfide) groups is 1. The first kappa shape index (κ1) is 25.6. The Bertz CT molecular complexity index is 1660. The molecular weight excluding hydrogens is 522 g/mol. The van der Waals surface area contributed by atoms with E-state index < -0.39 is 16.0 Å². The molecule has 4 aromatic carbocycles. The van der Waals surface area contributed by atoms with Crippen molar-refractivity contribution in [3.8, 4) is 11.5 Å². The number of nitrogens with zero attached hydrogens (tertiary/aromatic N) is 1. The van der Waals surface area contributed by atoms with Gasteiger partial charge < -0.3 is 8.92 Å². The zero-order valence-corrected chi connectivity index (χ0v) is 22.0. The molecule has 192 valence electrons. The molecule has 1 aliphatic rings. The van der Waals surface area contributed by atoms with Gasteiger partial charge in [-0.25, -0.2) is 0 Å². The number of carbonyl (C=O) groups excluding carboxylic acids is 2. The van der Waals surface area contributed by atoms with Crippen LogP contribution in [0.25, 0.3) is 16.8 Å². The fourth-order valence-corrected chi connectivity index (χ4v) is 5.89. The van der Waals surface area contributed by atoms with Crippen molar-refractivity contribution in [1.82, 2.24) is 4.90 Å². The summed E-state index contributed by atoms with van der Waals surface area (Å²) in [4.78, 5) is 27.4. The molecule has 7 nitrogen and oxygen atoms in total. The zero-order valence-electron chi connectivity index (χ0n) is 20.4. The molecule has 0 spiro atoms. The highest BCUT2D eigenvalue weighted by Crippen LogP contribution is 2.36. The minimum Gasteiger partial charge on any atom is -0.490 e. The van der Waals surface area contributed by atoms with E-state index in [4.69, 9.17) is 8.92 Å². The quantitative estimate of drug-likeness (QED) is 0.191. The Hall–Kier alpha value is -4.08. The van der Waals surface area contributed by atoms with Crippen LogP contribution in [0.5, 0.6) is 11.5 Å². The van der Waals surface area contributed by atoms with Gasteiger partial charge >= 0.3 is 10.1 Å². The highest BCUT2D eigenvalue weighted by molar-refractivity contribution is 8.18. The maximum atomic E-state index is 13.2. The number of amides is 2. The Morgan fingerprint density at radius 1 is 0.868 bits per heavy atom. The van der Waals surface area contributed by atoms with Crippen molar-refractivity contribution in [2.45, 2.75) is 18.4 Å². The van der Waals surface area contributed by atoms with Crippen molar-refractivity contribution >= 4 is 49.9 Å². The third-order valence-electron chi connectivity index (χ3n) is 5.88. The van der Waals surface area contributed by atoms with Crippen LogP contribution in [0.2, 0.25) is 0 Å². The second kappa shape index (κ2) is 10.7. The number of ether oxygens (including phenoxy) is 1. The van der Waals surface area contributed by atoms with E-state index in [2.05, 4.69) is 0 Å². The Morgan fingerprint density at radius 3 is 2.39 bits per heavy atom. The molecule has 2 amide bonds. The van der Waals surface area contributed by atoms with Crippen molar-refractivity contribution in [3.05, 3.63) is 107 Å². The van der Waals surface area contributed by atoms with E-state index in [0.717, 1.165) is 28.1 Å². The van der Waals surface area contributed by atoms with Crippen LogP contribution >= 0.6 is 11.8 Å². The lowest BCUT2D eigenvalue weighted by Gasteiger charge is -2.14. The summed E-state index contributed by atoms with van der Waals surface area (Å²) in [5, 5.41) is 1.67. The summed E-state index contributed by atoms with van der Waals surface area (Å²) in [5.41, 5.74) is 1.44. The molecule has 1 fully saturated rings. The first-order valence-electron chi connectivity index (χ1n) is 11.8. The largest absolute Gasteiger partial charge is 0.490 e. The van der Waals surface area contributed by atoms with Gasteiger partial charge in [-0.1, -0.05) is 66.7 Å². The van der Waals surface area contributed by atoms with Crippen LogP contribution in [0.15, 0.2) is 101 Å². The van der Waals surface area contributed by atoms with Crippen LogP contribution < -0.4 is 8.92 Å². The summed E-state index contributed by atoms with van der Waals surface area (Å²) >= 11 is 0.863. The second-order valence-electron chi connectivity index (χ2n) is 8.40. The zero-order chi connectivity index (χ0) is 26.7. The van der Waals surface area contributed by atoms with Gasteiger partial charge in [0.1, 0.15) is 4.90 Å². The van der Waals surface area contributed by atoms with E-state index in [0.29, 0.717) is 5.56 Å². The molecule has 0 unspecified atom stereocenters. The first-order chi connectivity index (χ1) is 18.4. The second-order valence-corrected chi connectivity index (χ2v) is 10.9. The molecule has 4 aromatic rings. The predicted molar refractivity (Wildman–Crippen MR) is 147 cm³/mol. The normalized spacial score (nSPS) is 14.9. The number of carbonyl (C=O) groups is 2. The molecular formula is C29H23NO6S2. The fraction of sp³-hybridized carbons (Fsp3) is 0.103. The summed E-state index contributed by atoms with van der Waals surface area (Å²) in [5.74, 6) is -0.162. The highest BCUT2D eigenvalue weighted by atomic mass is 32.2. The molecule has 0 aromatic heterocycles. The smallest absolute Gasteiger partial charge is 0.339 e. The summed E-state index contributed by atoms with van der Waals surface area (Å²) < 4.78 is 36.3. The van der Waals surface area contributed by atoms with Crippen molar-refractivity contribution in [2.24, 2.45) is 0 Å². The molecule has 9 heteroatoms. The first-order valence-corrected chi connectivity index (χ1v) is 14.1. The molecule has 1 saturated heterocycles. The summed E-state index contributed by atoms with van der Waals surface area (Å²) in [7, 11) is -4.06. The molecule has 0 radical (unpaired) electrons. The van der Waals surface area contributed by atoms with Crippen molar-refractivity contribution in [1.29, 1.82) is 0 Å². The van der Waals surface area contributed by atoms with Crippen LogP contribution in [0.1, 0.15) is 18.1 Å². The van der Waals surface area contributed by atoms with E-state index in [1.165, 1.54) is 23.1 Å². The Kier molecular flexibility index (Phi) is 7.22. The van der Waals surface area contributed by atoms with Gasteiger partial charge in [-0.05, 0) is 70.9 Å². The lowest BCUT2D eigenvalue weighted by molar-refractivity contribution is -0.123. The molecule has 0 atom stereocenters. The minimum atomic E-state index is -4.06. The Labute approximate surface area is 224 Å².